The molecule has 0 radical (unpaired) electrons. The summed E-state index contributed by atoms with van der Waals surface area (Å²) in [5, 5.41) is 14.3. The molecule has 0 bridgehead atoms. The van der Waals surface area contributed by atoms with Crippen molar-refractivity contribution in [2.45, 2.75) is 31.7 Å². The van der Waals surface area contributed by atoms with Gasteiger partial charge < -0.3 is 20.3 Å². The molecule has 0 aliphatic carbocycles. The van der Waals surface area contributed by atoms with Crippen molar-refractivity contribution in [1.82, 2.24) is 10.2 Å². The Bertz CT molecular complexity index is 701. The predicted octanol–water partition coefficient (Wildman–Crippen LogP) is 1.50. The van der Waals surface area contributed by atoms with Gasteiger partial charge in [0.25, 0.3) is 0 Å². The third kappa shape index (κ3) is 5.28. The first kappa shape index (κ1) is 19.3. The minimum absolute atomic E-state index is 0.333. The second kappa shape index (κ2) is 9.49. The molecule has 3 rings (SSSR count). The summed E-state index contributed by atoms with van der Waals surface area (Å²) in [5.74, 6) is -1.00. The second-order valence-electron chi connectivity index (χ2n) is 7.14. The zero-order valence-corrected chi connectivity index (χ0v) is 15.4. The van der Waals surface area contributed by atoms with E-state index in [1.54, 1.807) is 24.3 Å². The normalized spacial score (nSPS) is 19.2. The summed E-state index contributed by atoms with van der Waals surface area (Å²) in [6.45, 7) is 4.28. The van der Waals surface area contributed by atoms with Gasteiger partial charge in [0.1, 0.15) is 6.07 Å². The first-order valence-electron chi connectivity index (χ1n) is 9.57. The van der Waals surface area contributed by atoms with E-state index in [9.17, 15) is 9.59 Å². The lowest BCUT2D eigenvalue weighted by atomic mass is 9.94. The highest BCUT2D eigenvalue weighted by atomic mass is 16.5. The summed E-state index contributed by atoms with van der Waals surface area (Å²) in [6.07, 6.45) is 4.25. The van der Waals surface area contributed by atoms with Gasteiger partial charge in [-0.3, -0.25) is 9.59 Å². The number of rotatable bonds is 4. The molecule has 2 aliphatic rings. The fraction of sp³-hybridized carbons (Fsp3) is 0.550. The average molecular weight is 370 g/mol. The third-order valence-electron chi connectivity index (χ3n) is 5.41. The van der Waals surface area contributed by atoms with Crippen LogP contribution >= 0.6 is 0 Å². The van der Waals surface area contributed by atoms with E-state index in [2.05, 4.69) is 15.5 Å². The van der Waals surface area contributed by atoms with Gasteiger partial charge >= 0.3 is 11.8 Å². The summed E-state index contributed by atoms with van der Waals surface area (Å²) < 4.78 is 5.43. The first-order valence-corrected chi connectivity index (χ1v) is 9.57. The number of nitriles is 1. The molecule has 144 valence electrons. The molecule has 7 heteroatoms. The number of hydrogen-bond donors (Lipinski definition) is 2. The zero-order valence-electron chi connectivity index (χ0n) is 15.4. The monoisotopic (exact) mass is 370 g/mol. The number of piperidine rings is 1. The molecule has 2 saturated heterocycles. The van der Waals surface area contributed by atoms with E-state index in [-0.39, 0.29) is 0 Å². The molecule has 2 fully saturated rings. The van der Waals surface area contributed by atoms with Crippen molar-refractivity contribution < 1.29 is 14.3 Å². The van der Waals surface area contributed by atoms with E-state index in [1.807, 2.05) is 6.07 Å². The van der Waals surface area contributed by atoms with Crippen LogP contribution in [0.2, 0.25) is 0 Å². The molecule has 0 unspecified atom stereocenters. The van der Waals surface area contributed by atoms with E-state index < -0.39 is 11.8 Å². The lowest BCUT2D eigenvalue weighted by Crippen LogP contribution is -2.46. The standard InChI is InChI=1S/C20H26N4O3/c21-13-16-3-1-2-4-18(16)23-20(26)19(25)22-14-15-5-9-24(10-6-15)17-7-11-27-12-8-17/h1-4,15,17H,5-12,14H2,(H,22,25)(H,23,26). The molecule has 0 spiro atoms. The van der Waals surface area contributed by atoms with Crippen LogP contribution < -0.4 is 10.6 Å². The van der Waals surface area contributed by atoms with Crippen LogP contribution in [0, 0.1) is 17.2 Å². The van der Waals surface area contributed by atoms with Crippen LogP contribution in [0.25, 0.3) is 0 Å². The van der Waals surface area contributed by atoms with E-state index >= 15 is 0 Å². The van der Waals surface area contributed by atoms with Crippen molar-refractivity contribution in [2.24, 2.45) is 5.92 Å². The smallest absolute Gasteiger partial charge is 0.313 e. The van der Waals surface area contributed by atoms with Crippen LogP contribution in [0.1, 0.15) is 31.2 Å². The van der Waals surface area contributed by atoms with Crippen LogP contribution in [-0.4, -0.2) is 55.6 Å². The molecule has 27 heavy (non-hydrogen) atoms. The number of anilines is 1. The molecule has 0 atom stereocenters. The van der Waals surface area contributed by atoms with E-state index in [0.29, 0.717) is 29.8 Å². The van der Waals surface area contributed by atoms with Gasteiger partial charge in [-0.15, -0.1) is 0 Å². The summed E-state index contributed by atoms with van der Waals surface area (Å²) in [4.78, 5) is 26.7. The van der Waals surface area contributed by atoms with Gasteiger partial charge in [-0.1, -0.05) is 12.1 Å². The Balaban J connectivity index is 1.40. The van der Waals surface area contributed by atoms with E-state index in [4.69, 9.17) is 10.00 Å². The van der Waals surface area contributed by atoms with Crippen molar-refractivity contribution >= 4 is 17.5 Å². The van der Waals surface area contributed by atoms with Crippen LogP contribution in [0.3, 0.4) is 0 Å². The molecular weight excluding hydrogens is 344 g/mol. The largest absolute Gasteiger partial charge is 0.381 e. The van der Waals surface area contributed by atoms with Crippen molar-refractivity contribution in [2.75, 3.05) is 38.2 Å². The number of para-hydroxylation sites is 1. The number of ether oxygens (including phenoxy) is 1. The average Bonchev–Trinajstić information content (AvgIpc) is 2.73. The highest BCUT2D eigenvalue weighted by Crippen LogP contribution is 2.22. The minimum Gasteiger partial charge on any atom is -0.381 e. The first-order chi connectivity index (χ1) is 13.2. The number of likely N-dealkylation sites (tertiary alicyclic amines) is 1. The Morgan fingerprint density at radius 2 is 1.81 bits per heavy atom. The number of nitrogens with zero attached hydrogens (tertiary/aromatic N) is 2. The van der Waals surface area contributed by atoms with Crippen molar-refractivity contribution in [3.05, 3.63) is 29.8 Å². The van der Waals surface area contributed by atoms with Crippen molar-refractivity contribution in [3.8, 4) is 6.07 Å². The van der Waals surface area contributed by atoms with Crippen LogP contribution in [0.5, 0.6) is 0 Å². The van der Waals surface area contributed by atoms with Crippen LogP contribution in [-0.2, 0) is 14.3 Å². The molecule has 2 N–H and O–H groups in total. The van der Waals surface area contributed by atoms with Gasteiger partial charge in [-0.25, -0.2) is 0 Å². The summed E-state index contributed by atoms with van der Waals surface area (Å²) >= 11 is 0. The maximum absolute atomic E-state index is 12.1. The Hall–Kier alpha value is -2.43. The summed E-state index contributed by atoms with van der Waals surface area (Å²) in [5.41, 5.74) is 0.684. The molecule has 7 nitrogen and oxygen atoms in total. The number of carbonyl (C=O) groups excluding carboxylic acids is 2. The van der Waals surface area contributed by atoms with Crippen molar-refractivity contribution in [3.63, 3.8) is 0 Å². The van der Waals surface area contributed by atoms with Crippen LogP contribution in [0.4, 0.5) is 5.69 Å². The fourth-order valence-electron chi connectivity index (χ4n) is 3.76. The van der Waals surface area contributed by atoms with E-state index in [0.717, 1.165) is 52.0 Å². The highest BCUT2D eigenvalue weighted by molar-refractivity contribution is 6.39. The van der Waals surface area contributed by atoms with Gasteiger partial charge in [0.05, 0.1) is 11.3 Å². The molecule has 1 aromatic carbocycles. The molecule has 2 aliphatic heterocycles. The summed E-state index contributed by atoms with van der Waals surface area (Å²) in [6, 6.07) is 9.24. The molecule has 1 aromatic rings. The second-order valence-corrected chi connectivity index (χ2v) is 7.14. The van der Waals surface area contributed by atoms with Gasteiger partial charge in [-0.2, -0.15) is 5.26 Å². The maximum Gasteiger partial charge on any atom is 0.313 e. The Morgan fingerprint density at radius 1 is 1.11 bits per heavy atom. The lowest BCUT2D eigenvalue weighted by Gasteiger charge is -2.39. The van der Waals surface area contributed by atoms with Gasteiger partial charge in [-0.05, 0) is 56.8 Å². The van der Waals surface area contributed by atoms with E-state index in [1.165, 1.54) is 0 Å². The number of carbonyl (C=O) groups is 2. The fourth-order valence-corrected chi connectivity index (χ4v) is 3.76. The lowest BCUT2D eigenvalue weighted by molar-refractivity contribution is -0.136. The number of nitrogens with one attached hydrogen (secondary N) is 2. The third-order valence-corrected chi connectivity index (χ3v) is 5.41. The molecular formula is C20H26N4O3. The SMILES string of the molecule is N#Cc1ccccc1NC(=O)C(=O)NCC1CCN(C2CCOCC2)CC1. The number of amides is 2. The molecule has 0 aromatic heterocycles. The topological polar surface area (TPSA) is 94.5 Å². The quantitative estimate of drug-likeness (QED) is 0.784. The minimum atomic E-state index is -0.739. The maximum atomic E-state index is 12.1. The Labute approximate surface area is 159 Å². The highest BCUT2D eigenvalue weighted by Gasteiger charge is 2.27. The van der Waals surface area contributed by atoms with Gasteiger partial charge in [0, 0.05) is 25.8 Å². The predicted molar refractivity (Wildman–Crippen MR) is 101 cm³/mol. The van der Waals surface area contributed by atoms with Gasteiger partial charge in [0.15, 0.2) is 0 Å². The molecule has 2 amide bonds. The molecule has 2 heterocycles. The Kier molecular flexibility index (Phi) is 6.80. The number of hydrogen-bond acceptors (Lipinski definition) is 5. The number of benzene rings is 1. The zero-order chi connectivity index (χ0) is 19.1. The Morgan fingerprint density at radius 3 is 2.52 bits per heavy atom. The molecule has 0 saturated carbocycles. The summed E-state index contributed by atoms with van der Waals surface area (Å²) in [7, 11) is 0. The van der Waals surface area contributed by atoms with Crippen molar-refractivity contribution in [1.29, 1.82) is 5.26 Å². The van der Waals surface area contributed by atoms with Gasteiger partial charge in [0.2, 0.25) is 0 Å². The van der Waals surface area contributed by atoms with Crippen LogP contribution in [0.15, 0.2) is 24.3 Å².